The molecule has 25 heavy (non-hydrogen) atoms. The Kier molecular flexibility index (Phi) is 5.33. The minimum atomic E-state index is -4.72. The summed E-state index contributed by atoms with van der Waals surface area (Å²) in [4.78, 5) is 21.5. The lowest BCUT2D eigenvalue weighted by molar-refractivity contribution is -0.384. The Morgan fingerprint density at radius 2 is 1.76 bits per heavy atom. The van der Waals surface area contributed by atoms with Crippen molar-refractivity contribution in [1.82, 2.24) is 0 Å². The summed E-state index contributed by atoms with van der Waals surface area (Å²) in [6, 6.07) is 7.38. The van der Waals surface area contributed by atoms with Crippen LogP contribution in [0.2, 0.25) is 5.02 Å². The fourth-order valence-electron chi connectivity index (χ4n) is 1.83. The van der Waals surface area contributed by atoms with Crippen molar-refractivity contribution >= 4 is 38.7 Å². The predicted octanol–water partition coefficient (Wildman–Crippen LogP) is 3.50. The molecule has 0 radical (unpaired) electrons. The number of nitrogens with zero attached hydrogens (tertiary/aromatic N) is 1. The molecule has 0 aliphatic rings. The summed E-state index contributed by atoms with van der Waals surface area (Å²) in [7, 11) is -4.72. The first-order valence-electron chi connectivity index (χ1n) is 6.50. The standard InChI is InChI=1S/C14H9ClF2N2O5S/c15-12-7-9(19(21)22)3-6-11(12)13(20)18-8-1-4-10(5-2-8)25(23,24)14(16)17/h1-7,14H,(H,18,20). The fourth-order valence-corrected chi connectivity index (χ4v) is 2.81. The van der Waals surface area contributed by atoms with E-state index >= 15 is 0 Å². The van der Waals surface area contributed by atoms with Gasteiger partial charge in [-0.05, 0) is 30.3 Å². The summed E-state index contributed by atoms with van der Waals surface area (Å²) in [5.41, 5.74) is -0.202. The first kappa shape index (κ1) is 18.7. The van der Waals surface area contributed by atoms with E-state index in [4.69, 9.17) is 11.6 Å². The van der Waals surface area contributed by atoms with Gasteiger partial charge in [0, 0.05) is 17.8 Å². The van der Waals surface area contributed by atoms with Crippen LogP contribution in [0.5, 0.6) is 0 Å². The highest BCUT2D eigenvalue weighted by molar-refractivity contribution is 7.91. The van der Waals surface area contributed by atoms with E-state index < -0.39 is 31.3 Å². The Hall–Kier alpha value is -2.59. The van der Waals surface area contributed by atoms with Gasteiger partial charge >= 0.3 is 5.76 Å². The number of alkyl halides is 2. The second-order valence-corrected chi connectivity index (χ2v) is 7.03. The molecule has 2 aromatic rings. The van der Waals surface area contributed by atoms with Gasteiger partial charge in [0.1, 0.15) is 0 Å². The molecule has 1 N–H and O–H groups in total. The van der Waals surface area contributed by atoms with Gasteiger partial charge in [-0.25, -0.2) is 8.42 Å². The number of hydrogen-bond donors (Lipinski definition) is 1. The summed E-state index contributed by atoms with van der Waals surface area (Å²) >= 11 is 5.83. The van der Waals surface area contributed by atoms with E-state index in [1.165, 1.54) is 0 Å². The quantitative estimate of drug-likeness (QED) is 0.621. The molecule has 2 rings (SSSR count). The maximum atomic E-state index is 12.4. The number of halogens is 3. The molecule has 0 saturated carbocycles. The number of nitro groups is 1. The number of nitrogens with one attached hydrogen (secondary N) is 1. The molecule has 0 atom stereocenters. The van der Waals surface area contributed by atoms with Gasteiger partial charge in [0.15, 0.2) is 0 Å². The lowest BCUT2D eigenvalue weighted by atomic mass is 10.2. The van der Waals surface area contributed by atoms with Crippen LogP contribution < -0.4 is 5.32 Å². The fraction of sp³-hybridized carbons (Fsp3) is 0.0714. The third kappa shape index (κ3) is 4.09. The van der Waals surface area contributed by atoms with E-state index in [1.807, 2.05) is 0 Å². The van der Waals surface area contributed by atoms with Crippen molar-refractivity contribution in [1.29, 1.82) is 0 Å². The van der Waals surface area contributed by atoms with Crippen molar-refractivity contribution in [2.24, 2.45) is 0 Å². The molecule has 0 heterocycles. The van der Waals surface area contributed by atoms with Gasteiger partial charge in [0.25, 0.3) is 11.6 Å². The van der Waals surface area contributed by atoms with Crippen molar-refractivity contribution in [3.8, 4) is 0 Å². The average Bonchev–Trinajstić information content (AvgIpc) is 2.54. The lowest BCUT2D eigenvalue weighted by Gasteiger charge is -2.08. The molecule has 7 nitrogen and oxygen atoms in total. The van der Waals surface area contributed by atoms with Crippen LogP contribution in [-0.4, -0.2) is 25.0 Å². The lowest BCUT2D eigenvalue weighted by Crippen LogP contribution is -2.14. The first-order chi connectivity index (χ1) is 11.6. The predicted molar refractivity (Wildman–Crippen MR) is 85.7 cm³/mol. The van der Waals surface area contributed by atoms with Crippen molar-refractivity contribution in [3.63, 3.8) is 0 Å². The van der Waals surface area contributed by atoms with E-state index in [0.29, 0.717) is 0 Å². The minimum absolute atomic E-state index is 0.0449. The molecule has 0 saturated heterocycles. The number of anilines is 1. The van der Waals surface area contributed by atoms with Crippen LogP contribution in [-0.2, 0) is 9.84 Å². The van der Waals surface area contributed by atoms with Crippen molar-refractivity contribution in [3.05, 3.63) is 63.2 Å². The number of benzene rings is 2. The maximum absolute atomic E-state index is 12.4. The molecule has 0 aliphatic heterocycles. The highest BCUT2D eigenvalue weighted by Crippen LogP contribution is 2.24. The van der Waals surface area contributed by atoms with E-state index in [0.717, 1.165) is 42.5 Å². The molecular formula is C14H9ClF2N2O5S. The van der Waals surface area contributed by atoms with Gasteiger partial charge in [-0.15, -0.1) is 0 Å². The third-order valence-electron chi connectivity index (χ3n) is 3.08. The molecule has 132 valence electrons. The number of carbonyl (C=O) groups is 1. The maximum Gasteiger partial charge on any atom is 0.341 e. The van der Waals surface area contributed by atoms with Gasteiger partial charge in [-0.3, -0.25) is 14.9 Å². The van der Waals surface area contributed by atoms with E-state index in [9.17, 15) is 32.1 Å². The summed E-state index contributed by atoms with van der Waals surface area (Å²) in [5.74, 6) is -4.25. The monoisotopic (exact) mass is 390 g/mol. The topological polar surface area (TPSA) is 106 Å². The number of sulfone groups is 1. The summed E-state index contributed by atoms with van der Waals surface area (Å²) in [5, 5.41) is 12.9. The van der Waals surface area contributed by atoms with Gasteiger partial charge in [-0.1, -0.05) is 11.6 Å². The Bertz CT molecular complexity index is 933. The van der Waals surface area contributed by atoms with E-state index in [2.05, 4.69) is 5.32 Å². The van der Waals surface area contributed by atoms with E-state index in [1.54, 1.807) is 0 Å². The van der Waals surface area contributed by atoms with Crippen LogP contribution >= 0.6 is 11.6 Å². The molecule has 11 heteroatoms. The van der Waals surface area contributed by atoms with E-state index in [-0.39, 0.29) is 22.0 Å². The number of non-ortho nitro benzene ring substituents is 1. The molecule has 0 aromatic heterocycles. The molecule has 0 unspecified atom stereocenters. The van der Waals surface area contributed by atoms with Crippen LogP contribution in [0.3, 0.4) is 0 Å². The Balaban J connectivity index is 2.20. The Labute approximate surface area is 145 Å². The highest BCUT2D eigenvalue weighted by Gasteiger charge is 2.26. The third-order valence-corrected chi connectivity index (χ3v) is 4.79. The Morgan fingerprint density at radius 1 is 1.16 bits per heavy atom. The highest BCUT2D eigenvalue weighted by atomic mass is 35.5. The molecular weight excluding hydrogens is 382 g/mol. The van der Waals surface area contributed by atoms with Crippen molar-refractivity contribution in [2.45, 2.75) is 10.7 Å². The first-order valence-corrected chi connectivity index (χ1v) is 8.43. The molecule has 0 spiro atoms. The molecule has 0 fully saturated rings. The zero-order valence-corrected chi connectivity index (χ0v) is 13.7. The zero-order valence-electron chi connectivity index (χ0n) is 12.1. The number of nitro benzene ring substituents is 1. The van der Waals surface area contributed by atoms with Gasteiger partial charge in [0.05, 0.1) is 20.4 Å². The van der Waals surface area contributed by atoms with Crippen LogP contribution in [0.1, 0.15) is 10.4 Å². The number of hydrogen-bond acceptors (Lipinski definition) is 5. The van der Waals surface area contributed by atoms with Crippen LogP contribution in [0, 0.1) is 10.1 Å². The number of amides is 1. The van der Waals surface area contributed by atoms with Crippen LogP contribution in [0.4, 0.5) is 20.2 Å². The average molecular weight is 391 g/mol. The number of rotatable bonds is 5. The van der Waals surface area contributed by atoms with Crippen LogP contribution in [0.15, 0.2) is 47.4 Å². The smallest absolute Gasteiger partial charge is 0.322 e. The minimum Gasteiger partial charge on any atom is -0.322 e. The summed E-state index contributed by atoms with van der Waals surface area (Å²) in [6.07, 6.45) is 0. The van der Waals surface area contributed by atoms with Gasteiger partial charge in [0.2, 0.25) is 9.84 Å². The normalized spacial score (nSPS) is 11.4. The SMILES string of the molecule is O=C(Nc1ccc(S(=O)(=O)C(F)F)cc1)c1ccc([N+](=O)[O-])cc1Cl. The number of carbonyl (C=O) groups excluding carboxylic acids is 1. The molecule has 2 aromatic carbocycles. The largest absolute Gasteiger partial charge is 0.341 e. The van der Waals surface area contributed by atoms with Crippen LogP contribution in [0.25, 0.3) is 0 Å². The van der Waals surface area contributed by atoms with Gasteiger partial charge in [-0.2, -0.15) is 8.78 Å². The summed E-state index contributed by atoms with van der Waals surface area (Å²) < 4.78 is 47.5. The Morgan fingerprint density at radius 3 is 2.24 bits per heavy atom. The molecule has 0 bridgehead atoms. The molecule has 1 amide bonds. The zero-order chi connectivity index (χ0) is 18.8. The second kappa shape index (κ2) is 7.11. The van der Waals surface area contributed by atoms with Gasteiger partial charge < -0.3 is 5.32 Å². The van der Waals surface area contributed by atoms with Crippen molar-refractivity contribution in [2.75, 3.05) is 5.32 Å². The molecule has 0 aliphatic carbocycles. The second-order valence-electron chi connectivity index (χ2n) is 4.71. The summed E-state index contributed by atoms with van der Waals surface area (Å²) in [6.45, 7) is 0. The van der Waals surface area contributed by atoms with Crippen molar-refractivity contribution < 1.29 is 26.9 Å².